The van der Waals surface area contributed by atoms with Gasteiger partial charge in [0.05, 0.1) is 5.92 Å². The van der Waals surface area contributed by atoms with Gasteiger partial charge in [-0.2, -0.15) is 0 Å². The highest BCUT2D eigenvalue weighted by Gasteiger charge is 2.32. The predicted molar refractivity (Wildman–Crippen MR) is 75.8 cm³/mol. The van der Waals surface area contributed by atoms with Crippen LogP contribution < -0.4 is 0 Å². The van der Waals surface area contributed by atoms with Crippen LogP contribution in [0.2, 0.25) is 0 Å². The lowest BCUT2D eigenvalue weighted by Crippen LogP contribution is -2.43. The molecule has 0 spiro atoms. The summed E-state index contributed by atoms with van der Waals surface area (Å²) in [5.74, 6) is 1.22. The van der Waals surface area contributed by atoms with Crippen LogP contribution in [0.1, 0.15) is 38.5 Å². The van der Waals surface area contributed by atoms with Gasteiger partial charge < -0.3 is 14.9 Å². The average molecular weight is 268 g/mol. The largest absolute Gasteiger partial charge is 0.396 e. The molecule has 19 heavy (non-hydrogen) atoms. The van der Waals surface area contributed by atoms with Crippen molar-refractivity contribution >= 4 is 5.91 Å². The summed E-state index contributed by atoms with van der Waals surface area (Å²) in [6, 6.07) is 0.424. The lowest BCUT2D eigenvalue weighted by molar-refractivity contribution is -0.136. The molecule has 0 radical (unpaired) electrons. The van der Waals surface area contributed by atoms with E-state index in [0.29, 0.717) is 24.5 Å². The summed E-state index contributed by atoms with van der Waals surface area (Å²) in [5.41, 5.74) is 0. The Labute approximate surface area is 116 Å². The molecule has 1 amide bonds. The molecule has 2 aliphatic rings. The van der Waals surface area contributed by atoms with E-state index in [1.807, 2.05) is 11.9 Å². The van der Waals surface area contributed by atoms with Crippen molar-refractivity contribution in [3.63, 3.8) is 0 Å². The summed E-state index contributed by atoms with van der Waals surface area (Å²) in [6.45, 7) is 2.27. The van der Waals surface area contributed by atoms with Crippen LogP contribution in [0.4, 0.5) is 0 Å². The molecule has 1 heterocycles. The zero-order chi connectivity index (χ0) is 13.8. The first-order valence-corrected chi connectivity index (χ1v) is 7.68. The minimum Gasteiger partial charge on any atom is -0.396 e. The number of aliphatic hydroxyl groups excluding tert-OH is 1. The van der Waals surface area contributed by atoms with Gasteiger partial charge in [-0.1, -0.05) is 0 Å². The molecule has 1 aliphatic heterocycles. The van der Waals surface area contributed by atoms with Crippen molar-refractivity contribution in [3.8, 4) is 0 Å². The van der Waals surface area contributed by atoms with Crippen molar-refractivity contribution in [3.05, 3.63) is 0 Å². The lowest BCUT2D eigenvalue weighted by atomic mass is 9.83. The van der Waals surface area contributed by atoms with Gasteiger partial charge in [0.2, 0.25) is 5.91 Å². The minimum absolute atomic E-state index is 0.213. The number of hydrogen-bond donors (Lipinski definition) is 1. The van der Waals surface area contributed by atoms with Crippen molar-refractivity contribution < 1.29 is 9.90 Å². The Bertz CT molecular complexity index is 301. The maximum atomic E-state index is 12.5. The van der Waals surface area contributed by atoms with Gasteiger partial charge in [-0.05, 0) is 58.0 Å². The van der Waals surface area contributed by atoms with Gasteiger partial charge in [-0.15, -0.1) is 0 Å². The third-order valence-corrected chi connectivity index (χ3v) is 4.99. The first-order valence-electron chi connectivity index (χ1n) is 7.68. The maximum Gasteiger partial charge on any atom is 0.227 e. The second kappa shape index (κ2) is 6.71. The number of carbonyl (C=O) groups excluding carboxylic acids is 1. The normalized spacial score (nSPS) is 32.5. The highest BCUT2D eigenvalue weighted by atomic mass is 16.3. The zero-order valence-corrected chi connectivity index (χ0v) is 12.3. The molecule has 1 atom stereocenters. The monoisotopic (exact) mass is 268 g/mol. The third kappa shape index (κ3) is 3.69. The van der Waals surface area contributed by atoms with Gasteiger partial charge in [0.25, 0.3) is 0 Å². The molecule has 1 unspecified atom stereocenters. The van der Waals surface area contributed by atoms with E-state index in [0.717, 1.165) is 51.6 Å². The fourth-order valence-electron chi connectivity index (χ4n) is 3.61. The Morgan fingerprint density at radius 1 is 1.26 bits per heavy atom. The number of aliphatic hydroxyl groups is 1. The molecule has 1 aliphatic carbocycles. The summed E-state index contributed by atoms with van der Waals surface area (Å²) in [6.07, 6.45) is 6.48. The molecular formula is C15H28N2O2. The highest BCUT2D eigenvalue weighted by molar-refractivity contribution is 5.79. The molecule has 2 rings (SSSR count). The number of nitrogens with zero attached hydrogens (tertiary/aromatic N) is 2. The highest BCUT2D eigenvalue weighted by Crippen LogP contribution is 2.30. The molecule has 1 N–H and O–H groups in total. The number of likely N-dealkylation sites (tertiary alicyclic amines) is 1. The van der Waals surface area contributed by atoms with E-state index in [2.05, 4.69) is 11.9 Å². The van der Waals surface area contributed by atoms with E-state index in [4.69, 9.17) is 5.11 Å². The molecule has 1 saturated heterocycles. The van der Waals surface area contributed by atoms with Crippen LogP contribution in [0.3, 0.4) is 0 Å². The Morgan fingerprint density at radius 3 is 2.47 bits per heavy atom. The van der Waals surface area contributed by atoms with Crippen molar-refractivity contribution in [1.82, 2.24) is 9.80 Å². The van der Waals surface area contributed by atoms with Crippen LogP contribution in [-0.4, -0.2) is 60.6 Å². The van der Waals surface area contributed by atoms with E-state index in [-0.39, 0.29) is 5.92 Å². The van der Waals surface area contributed by atoms with Gasteiger partial charge in [0.15, 0.2) is 0 Å². The zero-order valence-electron chi connectivity index (χ0n) is 12.3. The molecular weight excluding hydrogens is 240 g/mol. The fraction of sp³-hybridized carbons (Fsp3) is 0.933. The summed E-state index contributed by atoms with van der Waals surface area (Å²) >= 11 is 0. The number of hydrogen-bond acceptors (Lipinski definition) is 3. The van der Waals surface area contributed by atoms with E-state index in [1.54, 1.807) is 0 Å². The van der Waals surface area contributed by atoms with Crippen molar-refractivity contribution in [2.75, 3.05) is 33.8 Å². The van der Waals surface area contributed by atoms with Crippen LogP contribution in [0, 0.1) is 11.8 Å². The molecule has 110 valence electrons. The molecule has 1 saturated carbocycles. The molecule has 0 aromatic heterocycles. The molecule has 2 fully saturated rings. The van der Waals surface area contributed by atoms with Crippen molar-refractivity contribution in [2.45, 2.75) is 44.6 Å². The first-order chi connectivity index (χ1) is 9.11. The summed E-state index contributed by atoms with van der Waals surface area (Å²) in [4.78, 5) is 16.7. The molecule has 0 aromatic carbocycles. The van der Waals surface area contributed by atoms with E-state index >= 15 is 0 Å². The third-order valence-electron chi connectivity index (χ3n) is 4.99. The van der Waals surface area contributed by atoms with E-state index in [9.17, 15) is 4.79 Å². The Kier molecular flexibility index (Phi) is 5.22. The molecule has 0 aromatic rings. The summed E-state index contributed by atoms with van der Waals surface area (Å²) in [5, 5.41) is 8.98. The average Bonchev–Trinajstić information content (AvgIpc) is 2.85. The van der Waals surface area contributed by atoms with Gasteiger partial charge >= 0.3 is 0 Å². The second-order valence-corrected chi connectivity index (χ2v) is 6.38. The van der Waals surface area contributed by atoms with Crippen molar-refractivity contribution in [2.24, 2.45) is 11.8 Å². The first kappa shape index (κ1) is 14.8. The maximum absolute atomic E-state index is 12.5. The van der Waals surface area contributed by atoms with Crippen molar-refractivity contribution in [1.29, 1.82) is 0 Å². The molecule has 0 bridgehead atoms. The van der Waals surface area contributed by atoms with Gasteiger partial charge in [-0.25, -0.2) is 0 Å². The second-order valence-electron chi connectivity index (χ2n) is 6.38. The molecule has 4 heteroatoms. The lowest BCUT2D eigenvalue weighted by Gasteiger charge is -2.35. The standard InChI is InChI=1S/C15H28N2O2/c1-16-9-7-13(11-16)15(19)17(2)14-5-3-12(4-6-14)8-10-18/h12-14,18H,3-11H2,1-2H3. The topological polar surface area (TPSA) is 43.8 Å². The van der Waals surface area contributed by atoms with Crippen LogP contribution in [0.5, 0.6) is 0 Å². The number of carbonyl (C=O) groups is 1. The smallest absolute Gasteiger partial charge is 0.227 e. The number of amides is 1. The van der Waals surface area contributed by atoms with Gasteiger partial charge in [-0.3, -0.25) is 4.79 Å². The van der Waals surface area contributed by atoms with Crippen LogP contribution in [0.15, 0.2) is 0 Å². The minimum atomic E-state index is 0.213. The Balaban J connectivity index is 1.80. The van der Waals surface area contributed by atoms with E-state index < -0.39 is 0 Å². The Hall–Kier alpha value is -0.610. The van der Waals surface area contributed by atoms with Crippen LogP contribution >= 0.6 is 0 Å². The van der Waals surface area contributed by atoms with Gasteiger partial charge in [0.1, 0.15) is 0 Å². The quantitative estimate of drug-likeness (QED) is 0.837. The van der Waals surface area contributed by atoms with Crippen LogP contribution in [0.25, 0.3) is 0 Å². The SMILES string of the molecule is CN1CCC(C(=O)N(C)C2CCC(CCO)CC2)C1. The Morgan fingerprint density at radius 2 is 1.95 bits per heavy atom. The fourth-order valence-corrected chi connectivity index (χ4v) is 3.61. The van der Waals surface area contributed by atoms with Crippen LogP contribution in [-0.2, 0) is 4.79 Å². The summed E-state index contributed by atoms with van der Waals surface area (Å²) < 4.78 is 0. The number of rotatable bonds is 4. The predicted octanol–water partition coefficient (Wildman–Crippen LogP) is 1.34. The van der Waals surface area contributed by atoms with Gasteiger partial charge in [0, 0.05) is 26.2 Å². The molecule has 4 nitrogen and oxygen atoms in total. The van der Waals surface area contributed by atoms with E-state index in [1.165, 1.54) is 0 Å². The summed E-state index contributed by atoms with van der Waals surface area (Å²) in [7, 11) is 4.07.